The number of thioether (sulfide) groups is 1. The van der Waals surface area contributed by atoms with Crippen LogP contribution in [-0.2, 0) is 0 Å². The summed E-state index contributed by atoms with van der Waals surface area (Å²) >= 11 is 8.43. The number of rotatable bonds is 3. The summed E-state index contributed by atoms with van der Waals surface area (Å²) in [6, 6.07) is 10.7. The quantitative estimate of drug-likeness (QED) is 0.693. The van der Waals surface area contributed by atoms with E-state index in [1.807, 2.05) is 23.9 Å². The second-order valence-electron chi connectivity index (χ2n) is 6.78. The molecule has 2 saturated heterocycles. The molecule has 0 amide bonds. The molecule has 2 nitrogen and oxygen atoms in total. The SMILES string of the molecule is CN1[C@@H]2CC[C@H]1CC(Sc1ccc(-c3ccc(F)nc3)cc1Cl)C2. The number of halogens is 2. The van der Waals surface area contributed by atoms with Crippen LogP contribution in [-0.4, -0.2) is 34.3 Å². The van der Waals surface area contributed by atoms with Gasteiger partial charge in [-0.3, -0.25) is 0 Å². The van der Waals surface area contributed by atoms with Crippen molar-refractivity contribution >= 4 is 23.4 Å². The first kappa shape index (κ1) is 16.4. The summed E-state index contributed by atoms with van der Waals surface area (Å²) in [6.07, 6.45) is 6.71. The van der Waals surface area contributed by atoms with Crippen LogP contribution < -0.4 is 0 Å². The van der Waals surface area contributed by atoms with Gasteiger partial charge in [-0.1, -0.05) is 17.7 Å². The van der Waals surface area contributed by atoms with Crippen LogP contribution in [0.3, 0.4) is 0 Å². The van der Waals surface area contributed by atoms with E-state index < -0.39 is 5.95 Å². The first-order chi connectivity index (χ1) is 11.6. The van der Waals surface area contributed by atoms with Crippen LogP contribution in [0.2, 0.25) is 5.02 Å². The molecule has 2 aliphatic heterocycles. The maximum absolute atomic E-state index is 13.0. The van der Waals surface area contributed by atoms with E-state index in [0.29, 0.717) is 5.25 Å². The zero-order valence-electron chi connectivity index (χ0n) is 13.6. The molecular weight excluding hydrogens is 343 g/mol. The largest absolute Gasteiger partial charge is 0.300 e. The topological polar surface area (TPSA) is 16.1 Å². The Morgan fingerprint density at radius 2 is 1.83 bits per heavy atom. The molecule has 4 rings (SSSR count). The van der Waals surface area contributed by atoms with Gasteiger partial charge in [0.15, 0.2) is 0 Å². The van der Waals surface area contributed by atoms with Crippen molar-refractivity contribution in [3.05, 3.63) is 47.5 Å². The molecule has 3 heterocycles. The van der Waals surface area contributed by atoms with Crippen LogP contribution in [0.15, 0.2) is 41.4 Å². The van der Waals surface area contributed by atoms with Crippen molar-refractivity contribution in [2.75, 3.05) is 7.05 Å². The monoisotopic (exact) mass is 362 g/mol. The number of aromatic nitrogens is 1. The summed E-state index contributed by atoms with van der Waals surface area (Å²) in [4.78, 5) is 7.41. The van der Waals surface area contributed by atoms with Gasteiger partial charge in [-0.15, -0.1) is 11.8 Å². The average molecular weight is 363 g/mol. The number of piperidine rings is 1. The fourth-order valence-electron chi connectivity index (χ4n) is 3.96. The van der Waals surface area contributed by atoms with Crippen molar-refractivity contribution in [3.63, 3.8) is 0 Å². The maximum Gasteiger partial charge on any atom is 0.212 e. The van der Waals surface area contributed by atoms with E-state index in [1.54, 1.807) is 12.3 Å². The number of pyridine rings is 1. The molecule has 0 aliphatic carbocycles. The van der Waals surface area contributed by atoms with Gasteiger partial charge in [0.05, 0.1) is 5.02 Å². The highest BCUT2D eigenvalue weighted by atomic mass is 35.5. The Morgan fingerprint density at radius 1 is 1.12 bits per heavy atom. The van der Waals surface area contributed by atoms with Gasteiger partial charge in [0.1, 0.15) is 0 Å². The van der Waals surface area contributed by atoms with Gasteiger partial charge in [-0.2, -0.15) is 4.39 Å². The maximum atomic E-state index is 13.0. The van der Waals surface area contributed by atoms with Gasteiger partial charge in [0.25, 0.3) is 0 Å². The second-order valence-corrected chi connectivity index (χ2v) is 8.53. The van der Waals surface area contributed by atoms with Crippen molar-refractivity contribution in [1.82, 2.24) is 9.88 Å². The van der Waals surface area contributed by atoms with E-state index in [2.05, 4.69) is 23.0 Å². The van der Waals surface area contributed by atoms with Crippen LogP contribution in [0, 0.1) is 5.95 Å². The van der Waals surface area contributed by atoms with E-state index in [1.165, 1.54) is 31.7 Å². The lowest BCUT2D eigenvalue weighted by Crippen LogP contribution is -2.40. The highest BCUT2D eigenvalue weighted by molar-refractivity contribution is 8.00. The van der Waals surface area contributed by atoms with Crippen molar-refractivity contribution in [3.8, 4) is 11.1 Å². The van der Waals surface area contributed by atoms with Crippen molar-refractivity contribution in [2.45, 2.75) is 47.9 Å². The third-order valence-electron chi connectivity index (χ3n) is 5.34. The lowest BCUT2D eigenvalue weighted by Gasteiger charge is -2.36. The lowest BCUT2D eigenvalue weighted by atomic mass is 10.0. The molecule has 2 aromatic rings. The number of hydrogen-bond donors (Lipinski definition) is 0. The molecule has 1 aromatic carbocycles. The Morgan fingerprint density at radius 3 is 2.46 bits per heavy atom. The van der Waals surface area contributed by atoms with Crippen LogP contribution in [0.25, 0.3) is 11.1 Å². The second kappa shape index (κ2) is 6.66. The van der Waals surface area contributed by atoms with Gasteiger partial charge in [0.2, 0.25) is 5.95 Å². The Labute approximate surface area is 151 Å². The summed E-state index contributed by atoms with van der Waals surface area (Å²) in [5.41, 5.74) is 1.85. The minimum atomic E-state index is -0.464. The Kier molecular flexibility index (Phi) is 4.54. The fourth-order valence-corrected chi connectivity index (χ4v) is 5.59. The zero-order chi connectivity index (χ0) is 16.7. The molecule has 0 N–H and O–H groups in total. The van der Waals surface area contributed by atoms with E-state index >= 15 is 0 Å². The first-order valence-corrected chi connectivity index (χ1v) is 9.66. The first-order valence-electron chi connectivity index (χ1n) is 8.40. The molecular formula is C19H20ClFN2S. The van der Waals surface area contributed by atoms with E-state index in [9.17, 15) is 4.39 Å². The Bertz CT molecular complexity index is 723. The van der Waals surface area contributed by atoms with Gasteiger partial charge in [-0.25, -0.2) is 4.98 Å². The summed E-state index contributed by atoms with van der Waals surface area (Å²) in [5.74, 6) is -0.464. The predicted molar refractivity (Wildman–Crippen MR) is 98.1 cm³/mol. The third kappa shape index (κ3) is 3.19. The summed E-state index contributed by atoms with van der Waals surface area (Å²) in [7, 11) is 2.27. The highest BCUT2D eigenvalue weighted by Crippen LogP contribution is 2.43. The van der Waals surface area contributed by atoms with Crippen molar-refractivity contribution in [1.29, 1.82) is 0 Å². The van der Waals surface area contributed by atoms with E-state index in [-0.39, 0.29) is 0 Å². The molecule has 0 spiro atoms. The minimum Gasteiger partial charge on any atom is -0.300 e. The van der Waals surface area contributed by atoms with Crippen LogP contribution >= 0.6 is 23.4 Å². The summed E-state index contributed by atoms with van der Waals surface area (Å²) in [5, 5.41) is 1.42. The molecule has 3 atom stereocenters. The average Bonchev–Trinajstić information content (AvgIpc) is 2.79. The molecule has 0 saturated carbocycles. The summed E-state index contributed by atoms with van der Waals surface area (Å²) < 4.78 is 13.0. The number of fused-ring (bicyclic) bond motifs is 2. The third-order valence-corrected chi connectivity index (χ3v) is 7.09. The number of benzene rings is 1. The number of nitrogens with zero attached hydrogens (tertiary/aromatic N) is 2. The molecule has 5 heteroatoms. The predicted octanol–water partition coefficient (Wildman–Crippen LogP) is 5.26. The Balaban J connectivity index is 1.50. The zero-order valence-corrected chi connectivity index (χ0v) is 15.2. The van der Waals surface area contributed by atoms with Crippen molar-refractivity contribution in [2.24, 2.45) is 0 Å². The molecule has 126 valence electrons. The van der Waals surface area contributed by atoms with E-state index in [4.69, 9.17) is 11.6 Å². The normalized spacial score (nSPS) is 26.7. The van der Waals surface area contributed by atoms with E-state index in [0.717, 1.165) is 33.1 Å². The van der Waals surface area contributed by atoms with Gasteiger partial charge in [-0.05, 0) is 62.6 Å². The molecule has 2 bridgehead atoms. The Hall–Kier alpha value is -1.10. The molecule has 1 unspecified atom stereocenters. The summed E-state index contributed by atoms with van der Waals surface area (Å²) in [6.45, 7) is 0. The molecule has 2 fully saturated rings. The minimum absolute atomic E-state index is 0.464. The van der Waals surface area contributed by atoms with Crippen LogP contribution in [0.4, 0.5) is 4.39 Å². The van der Waals surface area contributed by atoms with Crippen LogP contribution in [0.1, 0.15) is 25.7 Å². The lowest BCUT2D eigenvalue weighted by molar-refractivity contribution is 0.183. The standard InChI is InChI=1S/C19H20ClFN2S/c1-23-14-4-5-15(23)10-16(9-14)24-18-6-2-12(8-17(18)20)13-3-7-19(21)22-11-13/h2-3,6-8,11,14-16H,4-5,9-10H2,1H3/t14-,15+,16?. The highest BCUT2D eigenvalue weighted by Gasteiger charge is 2.38. The fraction of sp³-hybridized carbons (Fsp3) is 0.421. The molecule has 0 radical (unpaired) electrons. The van der Waals surface area contributed by atoms with Crippen molar-refractivity contribution < 1.29 is 4.39 Å². The van der Waals surface area contributed by atoms with Gasteiger partial charge in [0, 0.05) is 34.0 Å². The van der Waals surface area contributed by atoms with Gasteiger partial charge >= 0.3 is 0 Å². The molecule has 24 heavy (non-hydrogen) atoms. The van der Waals surface area contributed by atoms with Gasteiger partial charge < -0.3 is 4.90 Å². The smallest absolute Gasteiger partial charge is 0.212 e. The molecule has 2 aliphatic rings. The van der Waals surface area contributed by atoms with Crippen LogP contribution in [0.5, 0.6) is 0 Å². The number of hydrogen-bond acceptors (Lipinski definition) is 3. The molecule has 1 aromatic heterocycles.